The molecule has 1 saturated carbocycles. The molecule has 1 aromatic heterocycles. The molecule has 170 valence electrons. The van der Waals surface area contributed by atoms with E-state index in [9.17, 15) is 36.6 Å². The van der Waals surface area contributed by atoms with Crippen LogP contribution in [0.1, 0.15) is 18.4 Å². The molecular weight excluding hydrogens is 479 g/mol. The van der Waals surface area contributed by atoms with Gasteiger partial charge in [0.2, 0.25) is 0 Å². The molecule has 3 N–H and O–H groups in total. The van der Waals surface area contributed by atoms with Gasteiger partial charge in [-0.2, -0.15) is 13.2 Å². The van der Waals surface area contributed by atoms with Crippen molar-refractivity contribution in [3.8, 4) is 11.1 Å². The van der Waals surface area contributed by atoms with Crippen LogP contribution in [0.4, 0.5) is 22.0 Å². The molecule has 0 aliphatic heterocycles. The average molecular weight is 493 g/mol. The van der Waals surface area contributed by atoms with E-state index in [-0.39, 0.29) is 22.8 Å². The summed E-state index contributed by atoms with van der Waals surface area (Å²) in [6.45, 7) is -0.208. The summed E-state index contributed by atoms with van der Waals surface area (Å²) in [5.41, 5.74) is -5.42. The van der Waals surface area contributed by atoms with Gasteiger partial charge in [0, 0.05) is 39.9 Å². The van der Waals surface area contributed by atoms with Gasteiger partial charge in [0.1, 0.15) is 11.6 Å². The molecule has 1 aliphatic carbocycles. The van der Waals surface area contributed by atoms with Crippen LogP contribution in [0, 0.1) is 17.0 Å². The lowest BCUT2D eigenvalue weighted by atomic mass is 9.96. The zero-order valence-corrected chi connectivity index (χ0v) is 17.6. The fourth-order valence-electron chi connectivity index (χ4n) is 3.38. The zero-order chi connectivity index (χ0) is 23.4. The van der Waals surface area contributed by atoms with Crippen molar-refractivity contribution in [1.82, 2.24) is 9.97 Å². The maximum absolute atomic E-state index is 14.7. The minimum absolute atomic E-state index is 0.151. The predicted octanol–water partition coefficient (Wildman–Crippen LogP) is 4.70. The van der Waals surface area contributed by atoms with Crippen LogP contribution in [0.25, 0.3) is 22.0 Å². The van der Waals surface area contributed by atoms with Gasteiger partial charge < -0.3 is 10.1 Å². The second-order valence-corrected chi connectivity index (χ2v) is 9.04. The Morgan fingerprint density at radius 2 is 1.78 bits per heavy atom. The number of aromatic amines is 2. The third-order valence-electron chi connectivity index (χ3n) is 5.39. The van der Waals surface area contributed by atoms with Gasteiger partial charge in [-0.1, -0.05) is 11.6 Å². The Labute approximate surface area is 185 Å². The van der Waals surface area contributed by atoms with Crippen molar-refractivity contribution in [2.45, 2.75) is 23.9 Å². The molecule has 2 aromatic carbocycles. The van der Waals surface area contributed by atoms with Gasteiger partial charge >= 0.3 is 11.9 Å². The van der Waals surface area contributed by atoms with Crippen LogP contribution in [-0.4, -0.2) is 27.4 Å². The predicted molar refractivity (Wildman–Crippen MR) is 110 cm³/mol. The van der Waals surface area contributed by atoms with E-state index in [1.807, 2.05) is 4.98 Å². The fourth-order valence-corrected chi connectivity index (χ4v) is 5.04. The standard InChI is InChI=1S/C20H14ClF5N2O3S/c21-11-4-8(12(22)5-13(11)23)14-10(20(24,25)26)3-9-15(27-18(31)28-17(9)30)16(14)32-7-19(6-29)1-2-19/h3-5,29H,1-2,6-7H2,(H2,27,28,30,31). The smallest absolute Gasteiger partial charge is 0.396 e. The maximum Gasteiger partial charge on any atom is 0.417 e. The van der Waals surface area contributed by atoms with Crippen LogP contribution < -0.4 is 11.2 Å². The molecule has 0 atom stereocenters. The topological polar surface area (TPSA) is 85.9 Å². The number of rotatable bonds is 5. The van der Waals surface area contributed by atoms with Gasteiger partial charge in [-0.15, -0.1) is 11.8 Å². The highest BCUT2D eigenvalue weighted by atomic mass is 35.5. The Kier molecular flexibility index (Phi) is 5.62. The Balaban J connectivity index is 2.11. The van der Waals surface area contributed by atoms with E-state index in [1.54, 1.807) is 0 Å². The normalized spacial score (nSPS) is 15.3. The van der Waals surface area contributed by atoms with Gasteiger partial charge in [-0.25, -0.2) is 13.6 Å². The first-order valence-corrected chi connectivity index (χ1v) is 10.6. The highest BCUT2D eigenvalue weighted by Gasteiger charge is 2.43. The molecule has 3 aromatic rings. The number of aliphatic hydroxyl groups excluding tert-OH is 1. The molecule has 4 rings (SSSR count). The number of hydrogen-bond donors (Lipinski definition) is 3. The first kappa shape index (κ1) is 22.8. The van der Waals surface area contributed by atoms with Crippen LogP contribution in [0.3, 0.4) is 0 Å². The molecule has 0 bridgehead atoms. The van der Waals surface area contributed by atoms with E-state index in [0.717, 1.165) is 17.8 Å². The Morgan fingerprint density at radius 3 is 2.38 bits per heavy atom. The first-order chi connectivity index (χ1) is 15.0. The summed E-state index contributed by atoms with van der Waals surface area (Å²) < 4.78 is 70.6. The number of aromatic nitrogens is 2. The van der Waals surface area contributed by atoms with Gasteiger partial charge in [0.05, 0.1) is 21.5 Å². The summed E-state index contributed by atoms with van der Waals surface area (Å²) >= 11 is 6.58. The van der Waals surface area contributed by atoms with Crippen LogP contribution in [0.5, 0.6) is 0 Å². The zero-order valence-electron chi connectivity index (χ0n) is 16.0. The molecule has 0 unspecified atom stereocenters. The summed E-state index contributed by atoms with van der Waals surface area (Å²) in [5.74, 6) is -2.30. The number of hydrogen-bond acceptors (Lipinski definition) is 4. The van der Waals surface area contributed by atoms with Crippen LogP contribution in [-0.2, 0) is 6.18 Å². The van der Waals surface area contributed by atoms with E-state index < -0.39 is 61.6 Å². The molecule has 1 aliphatic rings. The van der Waals surface area contributed by atoms with Crippen molar-refractivity contribution >= 4 is 34.3 Å². The summed E-state index contributed by atoms with van der Waals surface area (Å²) in [6, 6.07) is 1.61. The number of halogens is 6. The first-order valence-electron chi connectivity index (χ1n) is 9.25. The second-order valence-electron chi connectivity index (χ2n) is 7.65. The second kappa shape index (κ2) is 7.89. The molecule has 12 heteroatoms. The summed E-state index contributed by atoms with van der Waals surface area (Å²) in [6.07, 6.45) is -3.75. The fraction of sp³-hybridized carbons (Fsp3) is 0.300. The van der Waals surface area contributed by atoms with E-state index in [1.165, 1.54) is 0 Å². The SMILES string of the molecule is O=c1[nH]c(=O)c2cc(C(F)(F)F)c(-c3cc(Cl)c(F)cc3F)c(SCC3(CO)CC3)c2[nH]1. The maximum atomic E-state index is 14.7. The lowest BCUT2D eigenvalue weighted by Gasteiger charge is -2.21. The molecule has 0 spiro atoms. The van der Waals surface area contributed by atoms with E-state index in [2.05, 4.69) is 4.98 Å². The van der Waals surface area contributed by atoms with E-state index in [4.69, 9.17) is 11.6 Å². The molecule has 1 heterocycles. The number of alkyl halides is 3. The van der Waals surface area contributed by atoms with Gasteiger partial charge in [0.15, 0.2) is 0 Å². The Hall–Kier alpha value is -2.37. The van der Waals surface area contributed by atoms with Gasteiger partial charge in [-0.05, 0) is 25.0 Å². The summed E-state index contributed by atoms with van der Waals surface area (Å²) in [4.78, 5) is 28.1. The van der Waals surface area contributed by atoms with E-state index in [0.29, 0.717) is 25.0 Å². The highest BCUT2D eigenvalue weighted by Crippen LogP contribution is 2.52. The average Bonchev–Trinajstić information content (AvgIpc) is 3.48. The lowest BCUT2D eigenvalue weighted by molar-refractivity contribution is -0.137. The molecule has 0 radical (unpaired) electrons. The van der Waals surface area contributed by atoms with Crippen molar-refractivity contribution in [3.05, 3.63) is 61.3 Å². The molecular formula is C20H14ClF5N2O3S. The van der Waals surface area contributed by atoms with Crippen LogP contribution in [0.2, 0.25) is 5.02 Å². The minimum atomic E-state index is -5.02. The summed E-state index contributed by atoms with van der Waals surface area (Å²) in [5, 5.41) is 8.54. The third-order valence-corrected chi connectivity index (χ3v) is 7.13. The van der Waals surface area contributed by atoms with Crippen molar-refractivity contribution in [3.63, 3.8) is 0 Å². The highest BCUT2D eigenvalue weighted by molar-refractivity contribution is 7.99. The number of fused-ring (bicyclic) bond motifs is 1. The summed E-state index contributed by atoms with van der Waals surface area (Å²) in [7, 11) is 0. The van der Waals surface area contributed by atoms with Gasteiger partial charge in [0.25, 0.3) is 5.56 Å². The van der Waals surface area contributed by atoms with Crippen LogP contribution >= 0.6 is 23.4 Å². The number of H-pyrrole nitrogens is 2. The largest absolute Gasteiger partial charge is 0.417 e. The molecule has 32 heavy (non-hydrogen) atoms. The monoisotopic (exact) mass is 492 g/mol. The third kappa shape index (κ3) is 4.04. The molecule has 0 amide bonds. The number of aliphatic hydroxyl groups is 1. The quantitative estimate of drug-likeness (QED) is 0.274. The number of thioether (sulfide) groups is 1. The van der Waals surface area contributed by atoms with Crippen molar-refractivity contribution < 1.29 is 27.1 Å². The lowest BCUT2D eigenvalue weighted by Crippen LogP contribution is -2.23. The number of benzene rings is 2. The minimum Gasteiger partial charge on any atom is -0.396 e. The Morgan fingerprint density at radius 1 is 1.09 bits per heavy atom. The Bertz CT molecular complexity index is 1350. The molecule has 1 fully saturated rings. The molecule has 5 nitrogen and oxygen atoms in total. The van der Waals surface area contributed by atoms with Crippen LogP contribution in [0.15, 0.2) is 32.7 Å². The van der Waals surface area contributed by atoms with Crippen molar-refractivity contribution in [2.24, 2.45) is 5.41 Å². The van der Waals surface area contributed by atoms with Crippen molar-refractivity contribution in [2.75, 3.05) is 12.4 Å². The molecule has 0 saturated heterocycles. The number of nitrogens with one attached hydrogen (secondary N) is 2. The van der Waals surface area contributed by atoms with Gasteiger partial charge in [-0.3, -0.25) is 9.78 Å². The van der Waals surface area contributed by atoms with E-state index >= 15 is 0 Å². The van der Waals surface area contributed by atoms with Crippen molar-refractivity contribution in [1.29, 1.82) is 0 Å².